The van der Waals surface area contributed by atoms with Crippen LogP contribution in [0.5, 0.6) is 11.5 Å². The van der Waals surface area contributed by atoms with Gasteiger partial charge in [-0.05, 0) is 100 Å². The standard InChI is InChI=1S/C35H51N3O10S3/c1-3-35(39)32(48-51(44,45)38-21-11-6-12-22-38)25-30-28-14-13-26-23-27(46-49(40,41)36-17-7-4-8-18-36)24-31(33(26)29(28)15-16-34(30,35)2)47-50(42,43)37-19-9-5-10-20-37/h1,23-24,28-30,32,39H,4-22,25H2,2H3/t28-,29-,30-,32+,34-,35-/m0/s1. The molecular weight excluding hydrogens is 719 g/mol. The van der Waals surface area contributed by atoms with Gasteiger partial charge in [0.05, 0.1) is 0 Å². The number of terminal acetylenes is 1. The van der Waals surface area contributed by atoms with Gasteiger partial charge in [-0.3, -0.25) is 4.18 Å². The third kappa shape index (κ3) is 6.83. The fourth-order valence-corrected chi connectivity index (χ4v) is 13.6. The fourth-order valence-electron chi connectivity index (χ4n) is 9.95. The van der Waals surface area contributed by atoms with Crippen molar-refractivity contribution in [3.8, 4) is 23.8 Å². The van der Waals surface area contributed by atoms with Crippen molar-refractivity contribution in [1.82, 2.24) is 12.9 Å². The van der Waals surface area contributed by atoms with Gasteiger partial charge in [0.1, 0.15) is 11.9 Å². The zero-order valence-electron chi connectivity index (χ0n) is 29.4. The quantitative estimate of drug-likeness (QED) is 0.366. The molecule has 0 aromatic heterocycles. The lowest BCUT2D eigenvalue weighted by Gasteiger charge is -2.52. The Morgan fingerprint density at radius 2 is 1.29 bits per heavy atom. The Hall–Kier alpha value is -1.97. The Bertz CT molecular complexity index is 1850. The topological polar surface area (TPSA) is 160 Å². The summed E-state index contributed by atoms with van der Waals surface area (Å²) in [5, 5.41) is 12.1. The molecule has 3 aliphatic heterocycles. The highest BCUT2D eigenvalue weighted by atomic mass is 32.2. The van der Waals surface area contributed by atoms with E-state index in [2.05, 4.69) is 5.92 Å². The van der Waals surface area contributed by atoms with Crippen LogP contribution in [-0.4, -0.2) is 94.2 Å². The summed E-state index contributed by atoms with van der Waals surface area (Å²) in [6.45, 7) is 4.03. The summed E-state index contributed by atoms with van der Waals surface area (Å²) < 4.78 is 102. The molecule has 0 amide bonds. The number of aryl methyl sites for hydroxylation is 1. The van der Waals surface area contributed by atoms with Crippen molar-refractivity contribution in [2.75, 3.05) is 39.3 Å². The third-order valence-electron chi connectivity index (χ3n) is 12.7. The van der Waals surface area contributed by atoms with Crippen LogP contribution >= 0.6 is 0 Å². The third-order valence-corrected chi connectivity index (χ3v) is 17.0. The minimum absolute atomic E-state index is 0.00113. The molecule has 284 valence electrons. The number of piperidine rings is 3. The summed E-state index contributed by atoms with van der Waals surface area (Å²) >= 11 is 0. The Morgan fingerprint density at radius 3 is 1.84 bits per heavy atom. The van der Waals surface area contributed by atoms with Crippen molar-refractivity contribution in [1.29, 1.82) is 0 Å². The molecular formula is C35H51N3O10S3. The van der Waals surface area contributed by atoms with Crippen molar-refractivity contribution >= 4 is 30.9 Å². The van der Waals surface area contributed by atoms with Crippen LogP contribution in [0.1, 0.15) is 107 Å². The molecule has 0 spiro atoms. The van der Waals surface area contributed by atoms with E-state index in [0.29, 0.717) is 70.5 Å². The zero-order chi connectivity index (χ0) is 36.2. The van der Waals surface area contributed by atoms with Crippen LogP contribution in [0.15, 0.2) is 12.1 Å². The van der Waals surface area contributed by atoms with Crippen molar-refractivity contribution in [3.05, 3.63) is 23.3 Å². The lowest BCUT2D eigenvalue weighted by molar-refractivity contribution is -0.0948. The first-order valence-corrected chi connectivity index (χ1v) is 22.7. The molecule has 0 bridgehead atoms. The van der Waals surface area contributed by atoms with Gasteiger partial charge in [0.15, 0.2) is 11.4 Å². The summed E-state index contributed by atoms with van der Waals surface area (Å²) in [6.07, 6.45) is 14.4. The molecule has 0 radical (unpaired) electrons. The van der Waals surface area contributed by atoms with Gasteiger partial charge in [-0.2, -0.15) is 38.2 Å². The SMILES string of the molecule is C#C[C@]1(O)[C@H](OS(=O)(=O)N2CCCCC2)C[C@H]2[C@H]3CCc4cc(OS(=O)(=O)N5CCCCC5)cc(OS(=O)(=O)N5CCCCC5)c4[C@H]3CC[C@@]21C. The van der Waals surface area contributed by atoms with E-state index in [1.165, 1.54) is 19.0 Å². The van der Waals surface area contributed by atoms with E-state index in [-0.39, 0.29) is 35.7 Å². The molecule has 7 rings (SSSR count). The Labute approximate surface area is 303 Å². The molecule has 0 unspecified atom stereocenters. The highest BCUT2D eigenvalue weighted by Gasteiger charge is 2.67. The molecule has 1 aromatic rings. The van der Waals surface area contributed by atoms with E-state index >= 15 is 0 Å². The Kier molecular flexibility index (Phi) is 10.3. The molecule has 5 fully saturated rings. The molecule has 6 aliphatic rings. The maximum absolute atomic E-state index is 13.7. The highest BCUT2D eigenvalue weighted by Crippen LogP contribution is 2.65. The minimum Gasteiger partial charge on any atom is -0.374 e. The maximum atomic E-state index is 13.7. The number of hydrogen-bond acceptors (Lipinski definition) is 10. The summed E-state index contributed by atoms with van der Waals surface area (Å²) in [5.74, 6) is 2.05. The monoisotopic (exact) mass is 769 g/mol. The largest absolute Gasteiger partial charge is 0.385 e. The second-order valence-corrected chi connectivity index (χ2v) is 20.2. The molecule has 3 heterocycles. The molecule has 2 saturated carbocycles. The van der Waals surface area contributed by atoms with Gasteiger partial charge in [-0.25, -0.2) is 0 Å². The van der Waals surface area contributed by atoms with Gasteiger partial charge in [0.2, 0.25) is 0 Å². The van der Waals surface area contributed by atoms with E-state index in [9.17, 15) is 30.4 Å². The molecule has 6 atom stereocenters. The number of nitrogens with zero attached hydrogens (tertiary/aromatic N) is 3. The second kappa shape index (κ2) is 14.0. The van der Waals surface area contributed by atoms with Crippen LogP contribution in [0, 0.1) is 29.6 Å². The Balaban J connectivity index is 1.22. The lowest BCUT2D eigenvalue weighted by atomic mass is 9.53. The molecule has 51 heavy (non-hydrogen) atoms. The molecule has 13 nitrogen and oxygen atoms in total. The first-order valence-electron chi connectivity index (χ1n) is 18.6. The lowest BCUT2D eigenvalue weighted by Crippen LogP contribution is -2.54. The van der Waals surface area contributed by atoms with Crippen LogP contribution < -0.4 is 8.37 Å². The van der Waals surface area contributed by atoms with E-state index in [1.54, 1.807) is 6.07 Å². The van der Waals surface area contributed by atoms with Gasteiger partial charge < -0.3 is 13.5 Å². The van der Waals surface area contributed by atoms with Crippen molar-refractivity contribution in [2.45, 2.75) is 114 Å². The van der Waals surface area contributed by atoms with Crippen molar-refractivity contribution in [3.63, 3.8) is 0 Å². The highest BCUT2D eigenvalue weighted by molar-refractivity contribution is 7.85. The van der Waals surface area contributed by atoms with Gasteiger partial charge in [0.25, 0.3) is 0 Å². The van der Waals surface area contributed by atoms with Crippen LogP contribution in [0.25, 0.3) is 0 Å². The minimum atomic E-state index is -4.22. The average Bonchev–Trinajstić information content (AvgIpc) is 3.34. The number of rotatable bonds is 9. The van der Waals surface area contributed by atoms with Crippen LogP contribution in [0.4, 0.5) is 0 Å². The summed E-state index contributed by atoms with van der Waals surface area (Å²) in [7, 11) is -12.5. The Morgan fingerprint density at radius 1 is 0.765 bits per heavy atom. The number of aliphatic hydroxyl groups is 1. The normalized spacial score (nSPS) is 34.1. The van der Waals surface area contributed by atoms with Gasteiger partial charge in [0, 0.05) is 56.3 Å². The number of benzene rings is 1. The van der Waals surface area contributed by atoms with E-state index < -0.39 is 48.0 Å². The van der Waals surface area contributed by atoms with Crippen LogP contribution in [-0.2, 0) is 41.5 Å². The van der Waals surface area contributed by atoms with E-state index in [1.807, 2.05) is 6.92 Å². The molecule has 1 aromatic carbocycles. The summed E-state index contributed by atoms with van der Waals surface area (Å²) in [5.41, 5.74) is -1.27. The van der Waals surface area contributed by atoms with Crippen LogP contribution in [0.3, 0.4) is 0 Å². The summed E-state index contributed by atoms with van der Waals surface area (Å²) in [4.78, 5) is 0. The second-order valence-electron chi connectivity index (χ2n) is 15.5. The molecule has 1 N–H and O–H groups in total. The first kappa shape index (κ1) is 37.3. The summed E-state index contributed by atoms with van der Waals surface area (Å²) in [6, 6.07) is 3.08. The van der Waals surface area contributed by atoms with Crippen molar-refractivity contribution < 1.29 is 42.9 Å². The van der Waals surface area contributed by atoms with E-state index in [0.717, 1.165) is 63.4 Å². The molecule has 3 saturated heterocycles. The first-order chi connectivity index (χ1) is 24.2. The number of hydrogen-bond donors (Lipinski definition) is 1. The maximum Gasteiger partial charge on any atom is 0.385 e. The smallest absolute Gasteiger partial charge is 0.374 e. The molecule has 16 heteroatoms. The van der Waals surface area contributed by atoms with Gasteiger partial charge in [-0.1, -0.05) is 32.1 Å². The van der Waals surface area contributed by atoms with Crippen LogP contribution in [0.2, 0.25) is 0 Å². The van der Waals surface area contributed by atoms with Gasteiger partial charge in [-0.15, -0.1) is 6.42 Å². The fraction of sp³-hybridized carbons (Fsp3) is 0.771. The predicted molar refractivity (Wildman–Crippen MR) is 189 cm³/mol. The van der Waals surface area contributed by atoms with Crippen molar-refractivity contribution in [2.24, 2.45) is 17.3 Å². The molecule has 3 aliphatic carbocycles. The predicted octanol–water partition coefficient (Wildman–Crippen LogP) is 3.85. The van der Waals surface area contributed by atoms with E-state index in [4.69, 9.17) is 19.0 Å². The number of fused-ring (bicyclic) bond motifs is 5. The average molecular weight is 770 g/mol. The van der Waals surface area contributed by atoms with Gasteiger partial charge >= 0.3 is 30.9 Å². The zero-order valence-corrected chi connectivity index (χ0v) is 31.8.